The molecule has 3 N–H and O–H groups in total. The summed E-state index contributed by atoms with van der Waals surface area (Å²) >= 11 is 0. The monoisotopic (exact) mass is 418 g/mol. The zero-order chi connectivity index (χ0) is 22.7. The number of amides is 1. The molecule has 0 heterocycles. The van der Waals surface area contributed by atoms with Crippen molar-refractivity contribution in [1.29, 1.82) is 0 Å². The van der Waals surface area contributed by atoms with Crippen LogP contribution in [-0.4, -0.2) is 63.4 Å². The number of ether oxygens (including phenoxy) is 4. The number of hydrogen-bond acceptors (Lipinski definition) is 6. The first kappa shape index (κ1) is 28.3. The highest BCUT2D eigenvalue weighted by atomic mass is 16.5. The second kappa shape index (κ2) is 13.5. The standard InChI is InChI=1S/C22H46N2O5/c1-16(2)21(7,8)10-11-27-19(23)12-20(25)24-22(13-26-9,14-28-17(3)4)15-29-18(5)6/h16-19H,10-15,23H2,1-9H3,(H,24,25). The van der Waals surface area contributed by atoms with Crippen molar-refractivity contribution in [1.82, 2.24) is 5.32 Å². The van der Waals surface area contributed by atoms with Gasteiger partial charge in [-0.1, -0.05) is 27.7 Å². The maximum atomic E-state index is 12.7. The Labute approximate surface area is 178 Å². The molecule has 174 valence electrons. The molecule has 0 saturated heterocycles. The smallest absolute Gasteiger partial charge is 0.224 e. The van der Waals surface area contributed by atoms with Crippen molar-refractivity contribution >= 4 is 5.91 Å². The zero-order valence-corrected chi connectivity index (χ0v) is 20.2. The molecule has 0 aliphatic rings. The predicted molar refractivity (Wildman–Crippen MR) is 117 cm³/mol. The van der Waals surface area contributed by atoms with E-state index in [2.05, 4.69) is 33.0 Å². The van der Waals surface area contributed by atoms with Crippen molar-refractivity contribution in [3.63, 3.8) is 0 Å². The van der Waals surface area contributed by atoms with Crippen LogP contribution in [0, 0.1) is 11.3 Å². The fourth-order valence-corrected chi connectivity index (χ4v) is 2.51. The average Bonchev–Trinajstić information content (AvgIpc) is 2.57. The minimum Gasteiger partial charge on any atom is -0.382 e. The van der Waals surface area contributed by atoms with Gasteiger partial charge in [0.2, 0.25) is 5.91 Å². The van der Waals surface area contributed by atoms with Crippen LogP contribution in [0.25, 0.3) is 0 Å². The number of nitrogens with one attached hydrogen (secondary N) is 1. The summed E-state index contributed by atoms with van der Waals surface area (Å²) in [5.41, 5.74) is 5.43. The van der Waals surface area contributed by atoms with Gasteiger partial charge in [0.15, 0.2) is 0 Å². The minimum atomic E-state index is -0.778. The van der Waals surface area contributed by atoms with E-state index in [0.29, 0.717) is 12.5 Å². The third kappa shape index (κ3) is 12.5. The summed E-state index contributed by atoms with van der Waals surface area (Å²) in [5, 5.41) is 3.02. The number of carbonyl (C=O) groups is 1. The second-order valence-corrected chi connectivity index (χ2v) is 9.49. The van der Waals surface area contributed by atoms with E-state index in [9.17, 15) is 4.79 Å². The fourth-order valence-electron chi connectivity index (χ4n) is 2.51. The van der Waals surface area contributed by atoms with Crippen LogP contribution in [-0.2, 0) is 23.7 Å². The Morgan fingerprint density at radius 1 is 0.931 bits per heavy atom. The number of rotatable bonds is 16. The van der Waals surface area contributed by atoms with Gasteiger partial charge in [-0.05, 0) is 45.4 Å². The Morgan fingerprint density at radius 3 is 1.86 bits per heavy atom. The molecule has 0 aromatic carbocycles. The molecular formula is C22H46N2O5. The number of carbonyl (C=O) groups excluding carboxylic acids is 1. The summed E-state index contributed by atoms with van der Waals surface area (Å²) in [5.74, 6) is 0.333. The molecule has 1 atom stereocenters. The van der Waals surface area contributed by atoms with E-state index in [4.69, 9.17) is 24.7 Å². The average molecular weight is 419 g/mol. The summed E-state index contributed by atoms with van der Waals surface area (Å²) in [4.78, 5) is 12.7. The largest absolute Gasteiger partial charge is 0.382 e. The van der Waals surface area contributed by atoms with Gasteiger partial charge in [0.1, 0.15) is 11.8 Å². The highest BCUT2D eigenvalue weighted by Crippen LogP contribution is 2.29. The van der Waals surface area contributed by atoms with Crippen LogP contribution in [0.1, 0.15) is 68.2 Å². The van der Waals surface area contributed by atoms with Gasteiger partial charge in [0, 0.05) is 13.7 Å². The minimum absolute atomic E-state index is 0.0251. The van der Waals surface area contributed by atoms with E-state index < -0.39 is 11.8 Å². The Bertz CT molecular complexity index is 440. The van der Waals surface area contributed by atoms with E-state index in [1.54, 1.807) is 7.11 Å². The molecule has 29 heavy (non-hydrogen) atoms. The maximum absolute atomic E-state index is 12.7. The lowest BCUT2D eigenvalue weighted by atomic mass is 9.79. The first-order chi connectivity index (χ1) is 13.3. The Kier molecular flexibility index (Phi) is 13.2. The SMILES string of the molecule is COCC(COC(C)C)(COC(C)C)NC(=O)CC(N)OCCC(C)(C)C(C)C. The summed E-state index contributed by atoms with van der Waals surface area (Å²) in [6, 6.07) is 0. The molecule has 1 unspecified atom stereocenters. The summed E-state index contributed by atoms with van der Waals surface area (Å²) in [7, 11) is 1.59. The first-order valence-electron chi connectivity index (χ1n) is 10.7. The van der Waals surface area contributed by atoms with E-state index in [1.165, 1.54) is 0 Å². The third-order valence-electron chi connectivity index (χ3n) is 5.24. The quantitative estimate of drug-likeness (QED) is 0.374. The van der Waals surface area contributed by atoms with Crippen LogP contribution < -0.4 is 11.1 Å². The molecule has 0 aromatic rings. The van der Waals surface area contributed by atoms with Crippen molar-refractivity contribution in [2.75, 3.05) is 33.5 Å². The zero-order valence-electron chi connectivity index (χ0n) is 20.2. The number of hydrogen-bond donors (Lipinski definition) is 2. The molecule has 0 radical (unpaired) electrons. The second-order valence-electron chi connectivity index (χ2n) is 9.49. The van der Waals surface area contributed by atoms with Gasteiger partial charge in [-0.25, -0.2) is 0 Å². The van der Waals surface area contributed by atoms with Gasteiger partial charge >= 0.3 is 0 Å². The van der Waals surface area contributed by atoms with Gasteiger partial charge in [-0.3, -0.25) is 4.79 Å². The lowest BCUT2D eigenvalue weighted by Crippen LogP contribution is -2.59. The molecular weight excluding hydrogens is 372 g/mol. The van der Waals surface area contributed by atoms with Crippen LogP contribution in [0.15, 0.2) is 0 Å². The number of nitrogens with two attached hydrogens (primary N) is 1. The van der Waals surface area contributed by atoms with Gasteiger partial charge in [-0.2, -0.15) is 0 Å². The predicted octanol–water partition coefficient (Wildman–Crippen LogP) is 3.10. The summed E-state index contributed by atoms with van der Waals surface area (Å²) in [6.07, 6.45) is 0.346. The molecule has 0 aliphatic carbocycles. The van der Waals surface area contributed by atoms with Crippen molar-refractivity contribution < 1.29 is 23.7 Å². The van der Waals surface area contributed by atoms with Crippen LogP contribution in [0.2, 0.25) is 0 Å². The molecule has 0 spiro atoms. The van der Waals surface area contributed by atoms with E-state index >= 15 is 0 Å². The maximum Gasteiger partial charge on any atom is 0.224 e. The number of methoxy groups -OCH3 is 1. The van der Waals surface area contributed by atoms with Crippen LogP contribution >= 0.6 is 0 Å². The van der Waals surface area contributed by atoms with Gasteiger partial charge in [0.05, 0.1) is 38.4 Å². The molecule has 0 fully saturated rings. The van der Waals surface area contributed by atoms with E-state index in [1.807, 2.05) is 27.7 Å². The van der Waals surface area contributed by atoms with Crippen LogP contribution in [0.4, 0.5) is 0 Å². The van der Waals surface area contributed by atoms with Crippen molar-refractivity contribution in [3.8, 4) is 0 Å². The normalized spacial score (nSPS) is 14.1. The molecule has 0 saturated carbocycles. The molecule has 0 aromatic heterocycles. The van der Waals surface area contributed by atoms with Crippen LogP contribution in [0.5, 0.6) is 0 Å². The van der Waals surface area contributed by atoms with E-state index in [0.717, 1.165) is 6.42 Å². The van der Waals surface area contributed by atoms with Gasteiger partial charge in [-0.15, -0.1) is 0 Å². The van der Waals surface area contributed by atoms with Crippen molar-refractivity contribution in [3.05, 3.63) is 0 Å². The summed E-state index contributed by atoms with van der Waals surface area (Å²) < 4.78 is 22.6. The molecule has 7 nitrogen and oxygen atoms in total. The Balaban J connectivity index is 4.83. The van der Waals surface area contributed by atoms with Crippen LogP contribution in [0.3, 0.4) is 0 Å². The molecule has 7 heteroatoms. The van der Waals surface area contributed by atoms with E-state index in [-0.39, 0.29) is 49.8 Å². The van der Waals surface area contributed by atoms with Crippen molar-refractivity contribution in [2.45, 2.75) is 92.2 Å². The Morgan fingerprint density at radius 2 is 1.45 bits per heavy atom. The molecule has 0 aliphatic heterocycles. The summed E-state index contributed by atoms with van der Waals surface area (Å²) in [6.45, 7) is 18.0. The molecule has 0 rings (SSSR count). The fraction of sp³-hybridized carbons (Fsp3) is 0.955. The Hall–Kier alpha value is -0.730. The van der Waals surface area contributed by atoms with Gasteiger partial charge in [0.25, 0.3) is 0 Å². The highest BCUT2D eigenvalue weighted by molar-refractivity contribution is 5.77. The third-order valence-corrected chi connectivity index (χ3v) is 5.24. The van der Waals surface area contributed by atoms with Gasteiger partial charge < -0.3 is 30.0 Å². The molecule has 0 bridgehead atoms. The lowest BCUT2D eigenvalue weighted by Gasteiger charge is -2.35. The lowest BCUT2D eigenvalue weighted by molar-refractivity contribution is -0.131. The molecule has 1 amide bonds. The highest BCUT2D eigenvalue weighted by Gasteiger charge is 2.34. The van der Waals surface area contributed by atoms with Crippen molar-refractivity contribution in [2.24, 2.45) is 17.1 Å². The first-order valence-corrected chi connectivity index (χ1v) is 10.7. The topological polar surface area (TPSA) is 92.0 Å².